The van der Waals surface area contributed by atoms with Crippen molar-refractivity contribution in [3.05, 3.63) is 86.8 Å². The van der Waals surface area contributed by atoms with Gasteiger partial charge in [0, 0.05) is 22.0 Å². The second-order valence-corrected chi connectivity index (χ2v) is 8.76. The molecule has 0 atom stereocenters. The third kappa shape index (κ3) is 5.19. The van der Waals surface area contributed by atoms with Crippen molar-refractivity contribution >= 4 is 45.1 Å². The van der Waals surface area contributed by atoms with Crippen LogP contribution in [0, 0.1) is 6.92 Å². The van der Waals surface area contributed by atoms with Crippen LogP contribution in [0.15, 0.2) is 62.5 Å². The minimum atomic E-state index is -0.519. The summed E-state index contributed by atoms with van der Waals surface area (Å²) >= 11 is 3.37. The minimum absolute atomic E-state index is 0.139. The van der Waals surface area contributed by atoms with Gasteiger partial charge in [-0.25, -0.2) is 10.2 Å². The van der Waals surface area contributed by atoms with Gasteiger partial charge in [-0.1, -0.05) is 24.3 Å². The maximum absolute atomic E-state index is 13.1. The molecule has 1 aromatic heterocycles. The molecule has 0 spiro atoms. The number of ether oxygens (including phenoxy) is 1. The number of nitrogens with zero attached hydrogens (tertiary/aromatic N) is 1. The first kappa shape index (κ1) is 24.4. The molecule has 0 aliphatic heterocycles. The van der Waals surface area contributed by atoms with E-state index in [0.29, 0.717) is 45.6 Å². The van der Waals surface area contributed by atoms with Gasteiger partial charge < -0.3 is 14.5 Å². The molecule has 2 aromatic carbocycles. The number of fused-ring (bicyclic) bond motifs is 1. The number of benzene rings is 2. The fourth-order valence-electron chi connectivity index (χ4n) is 3.98. The predicted molar refractivity (Wildman–Crippen MR) is 135 cm³/mol. The van der Waals surface area contributed by atoms with Gasteiger partial charge in [0.1, 0.15) is 5.76 Å². The number of furan rings is 1. The first-order chi connectivity index (χ1) is 16.9. The average molecular weight is 538 g/mol. The lowest BCUT2D eigenvalue weighted by Crippen LogP contribution is -2.22. The summed E-state index contributed by atoms with van der Waals surface area (Å²) in [4.78, 5) is 37.9. The Hall–Kier alpha value is -3.72. The highest BCUT2D eigenvalue weighted by Crippen LogP contribution is 2.31. The van der Waals surface area contributed by atoms with E-state index >= 15 is 0 Å². The Balaban J connectivity index is 1.58. The number of para-hydroxylation sites is 1. The van der Waals surface area contributed by atoms with Crippen LogP contribution in [0.1, 0.15) is 67.9 Å². The first-order valence-electron chi connectivity index (χ1n) is 11.2. The molecule has 2 amide bonds. The summed E-state index contributed by atoms with van der Waals surface area (Å²) in [5.41, 5.74) is 5.68. The molecule has 1 heterocycles. The number of nitrogens with one attached hydrogen (secondary N) is 2. The molecule has 0 radical (unpaired) electrons. The van der Waals surface area contributed by atoms with Crippen LogP contribution >= 0.6 is 15.9 Å². The minimum Gasteiger partial charge on any atom is -0.462 e. The standard InChI is InChI=1S/C26H24BrN3O5/c1-3-34-26(33)17-10-5-7-12-19(17)28-25(32)23-15(2)22-20(13-8-14-21(22)35-23)29-30-24(31)16-9-4-6-11-18(16)27/h4-7,9-12H,3,8,13-14H2,1-2H3,(H,28,32)(H,30,31)/b29-20+. The Morgan fingerprint density at radius 3 is 2.49 bits per heavy atom. The lowest BCUT2D eigenvalue weighted by molar-refractivity contribution is 0.0527. The number of carbonyl (C=O) groups is 3. The number of halogens is 1. The lowest BCUT2D eigenvalue weighted by atomic mass is 9.93. The van der Waals surface area contributed by atoms with Gasteiger partial charge in [-0.05, 0) is 66.9 Å². The molecule has 180 valence electrons. The highest BCUT2D eigenvalue weighted by atomic mass is 79.9. The Kier molecular flexibility index (Phi) is 7.45. The zero-order valence-corrected chi connectivity index (χ0v) is 20.9. The third-order valence-corrected chi connectivity index (χ3v) is 6.30. The number of rotatable bonds is 6. The fourth-order valence-corrected chi connectivity index (χ4v) is 4.44. The van der Waals surface area contributed by atoms with E-state index in [1.165, 1.54) is 0 Å². The van der Waals surface area contributed by atoms with Crippen LogP contribution in [0.25, 0.3) is 0 Å². The van der Waals surface area contributed by atoms with Gasteiger partial charge in [0.05, 0.1) is 29.1 Å². The van der Waals surface area contributed by atoms with E-state index in [9.17, 15) is 14.4 Å². The van der Waals surface area contributed by atoms with E-state index < -0.39 is 11.9 Å². The molecule has 35 heavy (non-hydrogen) atoms. The molecule has 9 heteroatoms. The van der Waals surface area contributed by atoms with E-state index in [1.807, 2.05) is 6.07 Å². The van der Waals surface area contributed by atoms with Crippen LogP contribution in [0.5, 0.6) is 0 Å². The topological polar surface area (TPSA) is 110 Å². The number of hydrogen-bond donors (Lipinski definition) is 2. The van der Waals surface area contributed by atoms with Crippen LogP contribution < -0.4 is 10.7 Å². The molecule has 0 unspecified atom stereocenters. The Morgan fingerprint density at radius 1 is 1.03 bits per heavy atom. The first-order valence-corrected chi connectivity index (χ1v) is 12.0. The molecular formula is C26H24BrN3O5. The van der Waals surface area contributed by atoms with Crippen LogP contribution in [0.2, 0.25) is 0 Å². The molecular weight excluding hydrogens is 514 g/mol. The molecule has 8 nitrogen and oxygen atoms in total. The summed E-state index contributed by atoms with van der Waals surface area (Å²) in [5, 5.41) is 7.12. The quantitative estimate of drug-likeness (QED) is 0.329. The number of esters is 1. The largest absolute Gasteiger partial charge is 0.462 e. The van der Waals surface area contributed by atoms with E-state index in [4.69, 9.17) is 9.15 Å². The summed E-state index contributed by atoms with van der Waals surface area (Å²) in [7, 11) is 0. The van der Waals surface area contributed by atoms with Crippen LogP contribution in [0.3, 0.4) is 0 Å². The van der Waals surface area contributed by atoms with Gasteiger partial charge in [0.15, 0.2) is 5.76 Å². The van der Waals surface area contributed by atoms with Crippen molar-refractivity contribution in [2.24, 2.45) is 5.10 Å². The second kappa shape index (κ2) is 10.7. The van der Waals surface area contributed by atoms with Crippen molar-refractivity contribution in [3.63, 3.8) is 0 Å². The Labute approximate surface area is 210 Å². The molecule has 0 saturated carbocycles. The van der Waals surface area contributed by atoms with Crippen LogP contribution in [-0.2, 0) is 11.2 Å². The smallest absolute Gasteiger partial charge is 0.340 e. The van der Waals surface area contributed by atoms with Crippen molar-refractivity contribution in [2.45, 2.75) is 33.1 Å². The molecule has 4 rings (SSSR count). The number of amides is 2. The van der Waals surface area contributed by atoms with Gasteiger partial charge in [0.25, 0.3) is 11.8 Å². The van der Waals surface area contributed by atoms with E-state index in [1.54, 1.807) is 56.3 Å². The predicted octanol–water partition coefficient (Wildman–Crippen LogP) is 5.25. The van der Waals surface area contributed by atoms with Crippen molar-refractivity contribution < 1.29 is 23.5 Å². The number of hydrogen-bond acceptors (Lipinski definition) is 6. The van der Waals surface area contributed by atoms with Gasteiger partial charge in [-0.15, -0.1) is 0 Å². The number of hydrazone groups is 1. The van der Waals surface area contributed by atoms with Gasteiger partial charge in [-0.3, -0.25) is 9.59 Å². The normalized spacial score (nSPS) is 13.7. The molecule has 0 saturated heterocycles. The summed E-state index contributed by atoms with van der Waals surface area (Å²) in [6.07, 6.45) is 2.06. The number of anilines is 1. The van der Waals surface area contributed by atoms with Crippen LogP contribution in [-0.4, -0.2) is 30.1 Å². The highest BCUT2D eigenvalue weighted by molar-refractivity contribution is 9.10. The maximum Gasteiger partial charge on any atom is 0.340 e. The number of carbonyl (C=O) groups excluding carboxylic acids is 3. The lowest BCUT2D eigenvalue weighted by Gasteiger charge is -2.13. The molecule has 1 aliphatic carbocycles. The molecule has 0 fully saturated rings. The zero-order valence-electron chi connectivity index (χ0n) is 19.3. The Bertz CT molecular complexity index is 1330. The van der Waals surface area contributed by atoms with Crippen molar-refractivity contribution in [1.82, 2.24) is 5.43 Å². The van der Waals surface area contributed by atoms with E-state index in [-0.39, 0.29) is 23.8 Å². The summed E-state index contributed by atoms with van der Waals surface area (Å²) < 4.78 is 11.7. The van der Waals surface area contributed by atoms with Gasteiger partial charge >= 0.3 is 5.97 Å². The second-order valence-electron chi connectivity index (χ2n) is 7.91. The summed E-state index contributed by atoms with van der Waals surface area (Å²) in [6.45, 7) is 3.73. The molecule has 2 N–H and O–H groups in total. The van der Waals surface area contributed by atoms with Gasteiger partial charge in [0.2, 0.25) is 0 Å². The summed E-state index contributed by atoms with van der Waals surface area (Å²) in [5.74, 6) is -0.557. The molecule has 1 aliphatic rings. The SMILES string of the molecule is CCOC(=O)c1ccccc1NC(=O)c1oc2c(c1C)/C(=N/NC(=O)c1ccccc1Br)CCC2. The Morgan fingerprint density at radius 2 is 1.74 bits per heavy atom. The highest BCUT2D eigenvalue weighted by Gasteiger charge is 2.29. The van der Waals surface area contributed by atoms with E-state index in [2.05, 4.69) is 31.8 Å². The summed E-state index contributed by atoms with van der Waals surface area (Å²) in [6, 6.07) is 13.7. The molecule has 0 bridgehead atoms. The third-order valence-electron chi connectivity index (χ3n) is 5.61. The maximum atomic E-state index is 13.1. The van der Waals surface area contributed by atoms with Gasteiger partial charge in [-0.2, -0.15) is 5.10 Å². The van der Waals surface area contributed by atoms with Crippen LogP contribution in [0.4, 0.5) is 5.69 Å². The molecule has 3 aromatic rings. The average Bonchev–Trinajstić information content (AvgIpc) is 3.20. The van der Waals surface area contributed by atoms with E-state index in [0.717, 1.165) is 12.0 Å². The fraction of sp³-hybridized carbons (Fsp3) is 0.231. The monoisotopic (exact) mass is 537 g/mol. The van der Waals surface area contributed by atoms with Crippen molar-refractivity contribution in [3.8, 4) is 0 Å². The zero-order chi connectivity index (χ0) is 24.9. The van der Waals surface area contributed by atoms with Crippen molar-refractivity contribution in [1.29, 1.82) is 0 Å². The number of aryl methyl sites for hydroxylation is 1. The van der Waals surface area contributed by atoms with Crippen molar-refractivity contribution in [2.75, 3.05) is 11.9 Å².